The number of nitrogens with zero attached hydrogens (tertiary/aromatic N) is 2. The van der Waals surface area contributed by atoms with Crippen LogP contribution in [0.1, 0.15) is 44.9 Å². The third kappa shape index (κ3) is 5.59. The Labute approximate surface area is 206 Å². The normalized spacial score (nSPS) is 17.5. The number of likely N-dealkylation sites (tertiary alicyclic amines) is 1. The Kier molecular flexibility index (Phi) is 8.40. The van der Waals surface area contributed by atoms with Gasteiger partial charge in [0, 0.05) is 18.7 Å². The van der Waals surface area contributed by atoms with Gasteiger partial charge in [-0.25, -0.2) is 0 Å². The first kappa shape index (κ1) is 26.1. The van der Waals surface area contributed by atoms with Crippen molar-refractivity contribution in [2.75, 3.05) is 33.3 Å². The summed E-state index contributed by atoms with van der Waals surface area (Å²) in [4.78, 5) is 30.0. The van der Waals surface area contributed by atoms with Gasteiger partial charge in [-0.3, -0.25) is 9.59 Å². The molecule has 1 aliphatic heterocycles. The first-order valence-electron chi connectivity index (χ1n) is 11.9. The van der Waals surface area contributed by atoms with Crippen LogP contribution >= 0.6 is 0 Å². The molecule has 0 radical (unpaired) electrons. The van der Waals surface area contributed by atoms with Gasteiger partial charge in [0.25, 0.3) is 11.7 Å². The fourth-order valence-corrected chi connectivity index (χ4v) is 4.23. The zero-order valence-corrected chi connectivity index (χ0v) is 20.9. The SMILES string of the molecule is CCN(CC)CCN1C(=O)C(=O)C(=C(O)c2ccc(OC(C)C)cc2)[C@@H]1c1ccc(O)c(OC)c1. The number of carbonyl (C=O) groups excluding carboxylic acids is 2. The molecule has 2 N–H and O–H groups in total. The number of amides is 1. The number of aromatic hydroxyl groups is 1. The van der Waals surface area contributed by atoms with Crippen LogP contribution in [0.3, 0.4) is 0 Å². The summed E-state index contributed by atoms with van der Waals surface area (Å²) in [5.74, 6) is -0.890. The number of hydrogen-bond donors (Lipinski definition) is 2. The number of carbonyl (C=O) groups is 2. The molecule has 2 aromatic rings. The minimum absolute atomic E-state index is 0.000169. The molecule has 1 amide bonds. The van der Waals surface area contributed by atoms with Crippen LogP contribution in [0.2, 0.25) is 0 Å². The van der Waals surface area contributed by atoms with E-state index in [0.717, 1.165) is 13.1 Å². The van der Waals surface area contributed by atoms with Crippen molar-refractivity contribution in [3.05, 3.63) is 59.2 Å². The topological polar surface area (TPSA) is 99.5 Å². The van der Waals surface area contributed by atoms with Crippen LogP contribution in [-0.2, 0) is 9.59 Å². The van der Waals surface area contributed by atoms with Crippen LogP contribution in [0.4, 0.5) is 0 Å². The van der Waals surface area contributed by atoms with E-state index >= 15 is 0 Å². The number of phenolic OH excluding ortho intramolecular Hbond substituents is 1. The molecule has 8 heteroatoms. The summed E-state index contributed by atoms with van der Waals surface area (Å²) in [7, 11) is 1.43. The summed E-state index contributed by atoms with van der Waals surface area (Å²) in [5, 5.41) is 21.3. The van der Waals surface area contributed by atoms with Crippen LogP contribution in [0.25, 0.3) is 5.76 Å². The maximum absolute atomic E-state index is 13.2. The maximum atomic E-state index is 13.2. The van der Waals surface area contributed by atoms with E-state index in [2.05, 4.69) is 4.90 Å². The molecule has 8 nitrogen and oxygen atoms in total. The zero-order chi connectivity index (χ0) is 25.7. The molecule has 35 heavy (non-hydrogen) atoms. The number of ether oxygens (including phenoxy) is 2. The van der Waals surface area contributed by atoms with Gasteiger partial charge in [-0.2, -0.15) is 0 Å². The van der Waals surface area contributed by atoms with Gasteiger partial charge in [0.2, 0.25) is 0 Å². The van der Waals surface area contributed by atoms with Crippen molar-refractivity contribution in [3.8, 4) is 17.2 Å². The van der Waals surface area contributed by atoms with Gasteiger partial charge in [-0.15, -0.1) is 0 Å². The van der Waals surface area contributed by atoms with E-state index in [-0.39, 0.29) is 28.9 Å². The highest BCUT2D eigenvalue weighted by Crippen LogP contribution is 2.41. The van der Waals surface area contributed by atoms with Crippen molar-refractivity contribution >= 4 is 17.4 Å². The third-order valence-corrected chi connectivity index (χ3v) is 6.11. The molecular formula is C27H34N2O6. The van der Waals surface area contributed by atoms with Crippen LogP contribution in [0.5, 0.6) is 17.2 Å². The third-order valence-electron chi connectivity index (χ3n) is 6.11. The van der Waals surface area contributed by atoms with Gasteiger partial charge in [-0.05, 0) is 68.9 Å². The van der Waals surface area contributed by atoms with E-state index in [4.69, 9.17) is 9.47 Å². The van der Waals surface area contributed by atoms with E-state index in [1.54, 1.807) is 36.4 Å². The summed E-state index contributed by atoms with van der Waals surface area (Å²) in [6.07, 6.45) is -0.00458. The second-order valence-corrected chi connectivity index (χ2v) is 8.64. The smallest absolute Gasteiger partial charge is 0.295 e. The average molecular weight is 483 g/mol. The first-order chi connectivity index (χ1) is 16.7. The molecule has 0 spiro atoms. The fraction of sp³-hybridized carbons (Fsp3) is 0.407. The van der Waals surface area contributed by atoms with Gasteiger partial charge in [-0.1, -0.05) is 19.9 Å². The number of aliphatic hydroxyl groups is 1. The molecule has 2 aromatic carbocycles. The molecule has 1 heterocycles. The predicted octanol–water partition coefficient (Wildman–Crippen LogP) is 3.95. The fourth-order valence-electron chi connectivity index (χ4n) is 4.23. The molecule has 0 saturated carbocycles. The highest BCUT2D eigenvalue weighted by molar-refractivity contribution is 6.46. The predicted molar refractivity (Wildman–Crippen MR) is 134 cm³/mol. The van der Waals surface area contributed by atoms with Crippen molar-refractivity contribution in [2.45, 2.75) is 39.8 Å². The first-order valence-corrected chi connectivity index (χ1v) is 11.9. The number of rotatable bonds is 10. The van der Waals surface area contributed by atoms with Gasteiger partial charge < -0.3 is 29.5 Å². The van der Waals surface area contributed by atoms with Gasteiger partial charge >= 0.3 is 0 Å². The van der Waals surface area contributed by atoms with E-state index in [1.165, 1.54) is 18.1 Å². The van der Waals surface area contributed by atoms with Crippen LogP contribution in [-0.4, -0.2) is 71.1 Å². The van der Waals surface area contributed by atoms with Crippen molar-refractivity contribution in [1.82, 2.24) is 9.80 Å². The van der Waals surface area contributed by atoms with Crippen molar-refractivity contribution in [2.24, 2.45) is 0 Å². The van der Waals surface area contributed by atoms with Crippen molar-refractivity contribution in [1.29, 1.82) is 0 Å². The van der Waals surface area contributed by atoms with Crippen molar-refractivity contribution < 1.29 is 29.3 Å². The number of ketones is 1. The Hall–Kier alpha value is -3.52. The van der Waals surface area contributed by atoms with E-state index in [9.17, 15) is 19.8 Å². The Morgan fingerprint density at radius 1 is 1.09 bits per heavy atom. The Morgan fingerprint density at radius 3 is 2.31 bits per heavy atom. The number of likely N-dealkylation sites (N-methyl/N-ethyl adjacent to an activating group) is 1. The number of phenols is 1. The number of Topliss-reactive ketones (excluding diaryl/α,β-unsaturated/α-hetero) is 1. The minimum Gasteiger partial charge on any atom is -0.507 e. The standard InChI is InChI=1S/C27H34N2O6/c1-6-28(7-2)14-15-29-24(19-10-13-21(30)22(16-19)34-5)23(26(32)27(29)33)25(31)18-8-11-20(12-9-18)35-17(3)4/h8-13,16-17,24,30-31H,6-7,14-15H2,1-5H3/t24-/m0/s1. The highest BCUT2D eigenvalue weighted by Gasteiger charge is 2.46. The molecule has 1 aliphatic rings. The molecule has 0 aliphatic carbocycles. The summed E-state index contributed by atoms with van der Waals surface area (Å²) < 4.78 is 10.9. The van der Waals surface area contributed by atoms with Gasteiger partial charge in [0.15, 0.2) is 11.5 Å². The second-order valence-electron chi connectivity index (χ2n) is 8.64. The number of hydrogen-bond acceptors (Lipinski definition) is 7. The quantitative estimate of drug-likeness (QED) is 0.300. The highest BCUT2D eigenvalue weighted by atomic mass is 16.5. The monoisotopic (exact) mass is 482 g/mol. The molecular weight excluding hydrogens is 448 g/mol. The maximum Gasteiger partial charge on any atom is 0.295 e. The summed E-state index contributed by atoms with van der Waals surface area (Å²) in [6.45, 7) is 10.4. The lowest BCUT2D eigenvalue weighted by Crippen LogP contribution is -2.38. The average Bonchev–Trinajstić information content (AvgIpc) is 3.09. The molecule has 0 aromatic heterocycles. The number of aliphatic hydroxyl groups excluding tert-OH is 1. The van der Waals surface area contributed by atoms with Crippen LogP contribution < -0.4 is 9.47 Å². The summed E-state index contributed by atoms with van der Waals surface area (Å²) in [6, 6.07) is 10.6. The number of methoxy groups -OCH3 is 1. The van der Waals surface area contributed by atoms with Gasteiger partial charge in [0.05, 0.1) is 24.8 Å². The molecule has 1 atom stereocenters. The molecule has 0 unspecified atom stereocenters. The zero-order valence-electron chi connectivity index (χ0n) is 20.9. The Balaban J connectivity index is 2.09. The summed E-state index contributed by atoms with van der Waals surface area (Å²) in [5.41, 5.74) is 0.957. The van der Waals surface area contributed by atoms with E-state index in [0.29, 0.717) is 30.0 Å². The minimum atomic E-state index is -0.827. The molecule has 0 bridgehead atoms. The molecule has 1 fully saturated rings. The largest absolute Gasteiger partial charge is 0.507 e. The van der Waals surface area contributed by atoms with Gasteiger partial charge in [0.1, 0.15) is 11.5 Å². The summed E-state index contributed by atoms with van der Waals surface area (Å²) >= 11 is 0. The van der Waals surface area contributed by atoms with Crippen LogP contribution in [0.15, 0.2) is 48.0 Å². The van der Waals surface area contributed by atoms with E-state index in [1.807, 2.05) is 27.7 Å². The Morgan fingerprint density at radius 2 is 1.74 bits per heavy atom. The van der Waals surface area contributed by atoms with E-state index < -0.39 is 17.7 Å². The van der Waals surface area contributed by atoms with Crippen molar-refractivity contribution in [3.63, 3.8) is 0 Å². The number of benzene rings is 2. The molecule has 3 rings (SSSR count). The van der Waals surface area contributed by atoms with Crippen LogP contribution in [0, 0.1) is 0 Å². The lowest BCUT2D eigenvalue weighted by Gasteiger charge is -2.28. The lowest BCUT2D eigenvalue weighted by atomic mass is 9.95. The molecule has 1 saturated heterocycles. The molecule has 188 valence electrons. The second kappa shape index (κ2) is 11.3. The lowest BCUT2D eigenvalue weighted by molar-refractivity contribution is -0.140. The Bertz CT molecular complexity index is 1090.